The van der Waals surface area contributed by atoms with Crippen LogP contribution in [0.25, 0.3) is 6.08 Å². The van der Waals surface area contributed by atoms with Gasteiger partial charge in [-0.25, -0.2) is 0 Å². The third kappa shape index (κ3) is 6.03. The minimum Gasteiger partial charge on any atom is -0.493 e. The van der Waals surface area contributed by atoms with E-state index in [4.69, 9.17) is 33.3 Å². The Bertz CT molecular complexity index is 1040. The number of unbranched alkanes of at least 4 members (excludes halogenated alkanes) is 2. The lowest BCUT2D eigenvalue weighted by atomic mass is 10.2. The summed E-state index contributed by atoms with van der Waals surface area (Å²) in [5, 5.41) is 1.59. The number of rotatable bonds is 9. The molecule has 3 rings (SSSR count). The standard InChI is InChI=1S/C23H23ClN2O4S2/c1-3-4-5-12-30-18-11-6-15(13-19(18)29-2)14-20-22(28)26(23(31)32-20)25-21(27)16-7-9-17(24)10-8-16/h6-11,13-14H,3-5,12H2,1-2H3,(H,25,27)/b20-14-. The Morgan fingerprint density at radius 2 is 1.94 bits per heavy atom. The maximum absolute atomic E-state index is 12.8. The maximum Gasteiger partial charge on any atom is 0.285 e. The van der Waals surface area contributed by atoms with Crippen molar-refractivity contribution >= 4 is 57.8 Å². The van der Waals surface area contributed by atoms with E-state index in [0.717, 1.165) is 41.6 Å². The molecular weight excluding hydrogens is 468 g/mol. The third-order valence-corrected chi connectivity index (χ3v) is 6.16. The number of halogens is 1. The summed E-state index contributed by atoms with van der Waals surface area (Å²) < 4.78 is 11.5. The van der Waals surface area contributed by atoms with E-state index in [1.54, 1.807) is 43.5 Å². The normalized spacial score (nSPS) is 14.7. The molecule has 1 fully saturated rings. The van der Waals surface area contributed by atoms with Crippen LogP contribution in [0.4, 0.5) is 0 Å². The molecular formula is C23H23ClN2O4S2. The lowest BCUT2D eigenvalue weighted by molar-refractivity contribution is -0.123. The molecule has 2 amide bonds. The number of thioether (sulfide) groups is 1. The molecule has 0 saturated carbocycles. The van der Waals surface area contributed by atoms with E-state index >= 15 is 0 Å². The topological polar surface area (TPSA) is 67.9 Å². The zero-order valence-corrected chi connectivity index (χ0v) is 20.1. The molecule has 0 spiro atoms. The highest BCUT2D eigenvalue weighted by Gasteiger charge is 2.33. The van der Waals surface area contributed by atoms with Crippen molar-refractivity contribution in [3.8, 4) is 11.5 Å². The van der Waals surface area contributed by atoms with Crippen LogP contribution in [-0.4, -0.2) is 34.9 Å². The molecule has 0 unspecified atom stereocenters. The predicted octanol–water partition coefficient (Wildman–Crippen LogP) is 5.46. The second kappa shape index (κ2) is 11.4. The first kappa shape index (κ1) is 24.1. The fourth-order valence-corrected chi connectivity index (χ4v) is 4.22. The van der Waals surface area contributed by atoms with Gasteiger partial charge in [0, 0.05) is 10.6 Å². The van der Waals surface area contributed by atoms with E-state index in [1.807, 2.05) is 12.1 Å². The maximum atomic E-state index is 12.8. The molecule has 0 aliphatic carbocycles. The molecule has 1 saturated heterocycles. The first-order chi connectivity index (χ1) is 15.4. The minimum atomic E-state index is -0.453. The number of hydrogen-bond acceptors (Lipinski definition) is 6. The number of thiocarbonyl (C=S) groups is 1. The van der Waals surface area contributed by atoms with Crippen molar-refractivity contribution in [2.45, 2.75) is 26.2 Å². The largest absolute Gasteiger partial charge is 0.493 e. The molecule has 0 radical (unpaired) electrons. The SMILES string of the molecule is CCCCCOc1ccc(/C=C2\SC(=S)N(NC(=O)c3ccc(Cl)cc3)C2=O)cc1OC. The molecule has 168 valence electrons. The highest BCUT2D eigenvalue weighted by atomic mass is 35.5. The molecule has 1 heterocycles. The van der Waals surface area contributed by atoms with Crippen LogP contribution < -0.4 is 14.9 Å². The molecule has 2 aromatic rings. The van der Waals surface area contributed by atoms with Crippen LogP contribution in [0, 0.1) is 0 Å². The fourth-order valence-electron chi connectivity index (χ4n) is 2.91. The van der Waals surface area contributed by atoms with Crippen LogP contribution >= 0.6 is 35.6 Å². The zero-order valence-electron chi connectivity index (χ0n) is 17.7. The van der Waals surface area contributed by atoms with Crippen molar-refractivity contribution < 1.29 is 19.1 Å². The average molecular weight is 491 g/mol. The Hall–Kier alpha value is -2.55. The quantitative estimate of drug-likeness (QED) is 0.286. The summed E-state index contributed by atoms with van der Waals surface area (Å²) >= 11 is 12.3. The molecule has 1 N–H and O–H groups in total. The van der Waals surface area contributed by atoms with Gasteiger partial charge in [-0.1, -0.05) is 49.2 Å². The van der Waals surface area contributed by atoms with Crippen molar-refractivity contribution in [3.05, 3.63) is 63.5 Å². The van der Waals surface area contributed by atoms with Crippen molar-refractivity contribution in [3.63, 3.8) is 0 Å². The van der Waals surface area contributed by atoms with Crippen molar-refractivity contribution in [2.75, 3.05) is 13.7 Å². The van der Waals surface area contributed by atoms with Gasteiger partial charge < -0.3 is 9.47 Å². The van der Waals surface area contributed by atoms with E-state index in [-0.39, 0.29) is 4.32 Å². The smallest absolute Gasteiger partial charge is 0.285 e. The second-order valence-electron chi connectivity index (χ2n) is 6.93. The van der Waals surface area contributed by atoms with E-state index in [1.165, 1.54) is 0 Å². The van der Waals surface area contributed by atoms with Gasteiger partial charge in [-0.3, -0.25) is 15.0 Å². The zero-order chi connectivity index (χ0) is 23.1. The minimum absolute atomic E-state index is 0.242. The predicted molar refractivity (Wildman–Crippen MR) is 132 cm³/mol. The van der Waals surface area contributed by atoms with Gasteiger partial charge in [0.05, 0.1) is 18.6 Å². The molecule has 0 atom stereocenters. The lowest BCUT2D eigenvalue weighted by Gasteiger charge is -2.15. The van der Waals surface area contributed by atoms with Gasteiger partial charge in [-0.2, -0.15) is 5.01 Å². The van der Waals surface area contributed by atoms with Crippen LogP contribution in [0.3, 0.4) is 0 Å². The number of hydrazine groups is 1. The number of methoxy groups -OCH3 is 1. The van der Waals surface area contributed by atoms with E-state index in [9.17, 15) is 9.59 Å². The fraction of sp³-hybridized carbons (Fsp3) is 0.261. The molecule has 1 aliphatic heterocycles. The van der Waals surface area contributed by atoms with Crippen molar-refractivity contribution in [2.24, 2.45) is 0 Å². The first-order valence-corrected chi connectivity index (χ1v) is 11.7. The molecule has 1 aliphatic rings. The monoisotopic (exact) mass is 490 g/mol. The highest BCUT2D eigenvalue weighted by Crippen LogP contribution is 2.34. The van der Waals surface area contributed by atoms with Crippen LogP contribution in [-0.2, 0) is 4.79 Å². The van der Waals surface area contributed by atoms with E-state index < -0.39 is 11.8 Å². The number of nitrogens with zero attached hydrogens (tertiary/aromatic N) is 1. The van der Waals surface area contributed by atoms with E-state index in [0.29, 0.717) is 33.6 Å². The Labute approximate surface area is 201 Å². The van der Waals surface area contributed by atoms with Crippen LogP contribution in [0.2, 0.25) is 5.02 Å². The Balaban J connectivity index is 1.70. The van der Waals surface area contributed by atoms with E-state index in [2.05, 4.69) is 12.3 Å². The van der Waals surface area contributed by atoms with Crippen LogP contribution in [0.5, 0.6) is 11.5 Å². The number of carbonyl (C=O) groups is 2. The van der Waals surface area contributed by atoms with Gasteiger partial charge in [-0.15, -0.1) is 0 Å². The lowest BCUT2D eigenvalue weighted by Crippen LogP contribution is -2.44. The number of benzene rings is 2. The average Bonchev–Trinajstić information content (AvgIpc) is 3.05. The second-order valence-corrected chi connectivity index (χ2v) is 9.04. The Kier molecular flexibility index (Phi) is 8.55. The Morgan fingerprint density at radius 3 is 2.62 bits per heavy atom. The molecule has 2 aromatic carbocycles. The summed E-state index contributed by atoms with van der Waals surface area (Å²) in [6, 6.07) is 11.8. The number of carbonyl (C=O) groups excluding carboxylic acids is 2. The van der Waals surface area contributed by atoms with Crippen molar-refractivity contribution in [1.29, 1.82) is 0 Å². The van der Waals surface area contributed by atoms with Crippen LogP contribution in [0.1, 0.15) is 42.1 Å². The summed E-state index contributed by atoms with van der Waals surface area (Å²) in [6.07, 6.45) is 4.91. The number of nitrogens with one attached hydrogen (secondary N) is 1. The summed E-state index contributed by atoms with van der Waals surface area (Å²) in [5.41, 5.74) is 3.67. The summed E-state index contributed by atoms with van der Waals surface area (Å²) in [6.45, 7) is 2.76. The number of hydrogen-bond donors (Lipinski definition) is 1. The Morgan fingerprint density at radius 1 is 1.19 bits per heavy atom. The summed E-state index contributed by atoms with van der Waals surface area (Å²) in [4.78, 5) is 25.7. The number of ether oxygens (including phenoxy) is 2. The van der Waals surface area contributed by atoms with Crippen LogP contribution in [0.15, 0.2) is 47.4 Å². The molecule has 9 heteroatoms. The summed E-state index contributed by atoms with van der Waals surface area (Å²) in [7, 11) is 1.57. The van der Waals surface area contributed by atoms with Gasteiger partial charge >= 0.3 is 0 Å². The molecule has 32 heavy (non-hydrogen) atoms. The number of amides is 2. The molecule has 0 bridgehead atoms. The van der Waals surface area contributed by atoms with Gasteiger partial charge in [0.1, 0.15) is 0 Å². The van der Waals surface area contributed by atoms with Gasteiger partial charge in [0.2, 0.25) is 0 Å². The first-order valence-electron chi connectivity index (χ1n) is 10.1. The third-order valence-electron chi connectivity index (χ3n) is 4.60. The van der Waals surface area contributed by atoms with Gasteiger partial charge in [-0.05, 0) is 66.7 Å². The highest BCUT2D eigenvalue weighted by molar-refractivity contribution is 8.26. The van der Waals surface area contributed by atoms with Gasteiger partial charge in [0.15, 0.2) is 15.8 Å². The summed E-state index contributed by atoms with van der Waals surface area (Å²) in [5.74, 6) is 0.386. The van der Waals surface area contributed by atoms with Crippen molar-refractivity contribution in [1.82, 2.24) is 10.4 Å². The van der Waals surface area contributed by atoms with Gasteiger partial charge in [0.25, 0.3) is 11.8 Å². The molecule has 6 nitrogen and oxygen atoms in total. The molecule has 0 aromatic heterocycles.